The van der Waals surface area contributed by atoms with Crippen LogP contribution in [0, 0.1) is 11.3 Å². The zero-order chi connectivity index (χ0) is 26.9. The lowest BCUT2D eigenvalue weighted by molar-refractivity contribution is -0.121. The number of anilines is 1. The summed E-state index contributed by atoms with van der Waals surface area (Å²) in [6, 6.07) is 25.2. The van der Waals surface area contributed by atoms with E-state index in [4.69, 9.17) is 15.0 Å². The van der Waals surface area contributed by atoms with Gasteiger partial charge >= 0.3 is 7.60 Å². The van der Waals surface area contributed by atoms with Crippen molar-refractivity contribution in [3.05, 3.63) is 83.9 Å². The van der Waals surface area contributed by atoms with E-state index in [0.717, 1.165) is 16.7 Å². The summed E-state index contributed by atoms with van der Waals surface area (Å²) in [6.07, 6.45) is 1.11. The van der Waals surface area contributed by atoms with E-state index in [0.29, 0.717) is 30.9 Å². The Labute approximate surface area is 217 Å². The van der Waals surface area contributed by atoms with E-state index in [1.165, 1.54) is 13.0 Å². The van der Waals surface area contributed by atoms with Crippen molar-refractivity contribution in [2.24, 2.45) is 5.73 Å². The van der Waals surface area contributed by atoms with Gasteiger partial charge < -0.3 is 25.2 Å². The minimum Gasteiger partial charge on any atom is -0.492 e. The summed E-state index contributed by atoms with van der Waals surface area (Å²) in [4.78, 5) is 22.4. The van der Waals surface area contributed by atoms with Crippen LogP contribution >= 0.6 is 7.60 Å². The summed E-state index contributed by atoms with van der Waals surface area (Å²) < 4.78 is 22.8. The van der Waals surface area contributed by atoms with E-state index in [9.17, 15) is 19.5 Å². The maximum Gasteiger partial charge on any atom is 0.328 e. The van der Waals surface area contributed by atoms with Crippen molar-refractivity contribution in [1.82, 2.24) is 0 Å². The number of rotatable bonds is 12. The van der Waals surface area contributed by atoms with Gasteiger partial charge in [0.2, 0.25) is 5.91 Å². The molecule has 0 saturated heterocycles. The van der Waals surface area contributed by atoms with Gasteiger partial charge in [0.05, 0.1) is 18.8 Å². The molecule has 0 fully saturated rings. The van der Waals surface area contributed by atoms with E-state index in [2.05, 4.69) is 47.8 Å². The predicted octanol–water partition coefficient (Wildman–Crippen LogP) is 5.11. The highest BCUT2D eigenvalue weighted by molar-refractivity contribution is 7.52. The van der Waals surface area contributed by atoms with Crippen LogP contribution in [-0.2, 0) is 20.3 Å². The average molecular weight is 522 g/mol. The molecule has 0 aliphatic rings. The Balaban J connectivity index is 1.56. The minimum absolute atomic E-state index is 0.0172. The highest BCUT2D eigenvalue weighted by Gasteiger charge is 2.32. The summed E-state index contributed by atoms with van der Waals surface area (Å²) in [6.45, 7) is 3.11. The first-order chi connectivity index (χ1) is 17.6. The Morgan fingerprint density at radius 1 is 1.11 bits per heavy atom. The zero-order valence-electron chi connectivity index (χ0n) is 21.0. The average Bonchev–Trinajstić information content (AvgIpc) is 2.89. The van der Waals surface area contributed by atoms with E-state index in [1.54, 1.807) is 19.1 Å². The van der Waals surface area contributed by atoms with Crippen molar-refractivity contribution < 1.29 is 23.5 Å². The van der Waals surface area contributed by atoms with Crippen LogP contribution in [0.25, 0.3) is 11.1 Å². The van der Waals surface area contributed by atoms with Crippen LogP contribution in [0.5, 0.6) is 5.75 Å². The molecule has 0 aromatic heterocycles. The number of carbonyl (C=O) groups is 1. The molecule has 0 spiro atoms. The number of carbonyl (C=O) groups excluding carboxylic acids is 1. The molecule has 1 unspecified atom stereocenters. The Bertz CT molecular complexity index is 1290. The number of nitriles is 1. The summed E-state index contributed by atoms with van der Waals surface area (Å²) in [7, 11) is -3.80. The fourth-order valence-electron chi connectivity index (χ4n) is 3.52. The van der Waals surface area contributed by atoms with Gasteiger partial charge in [-0.25, -0.2) is 0 Å². The Kier molecular flexibility index (Phi) is 9.62. The first kappa shape index (κ1) is 28.1. The number of benzene rings is 3. The van der Waals surface area contributed by atoms with Crippen molar-refractivity contribution in [2.75, 3.05) is 24.7 Å². The van der Waals surface area contributed by atoms with Crippen LogP contribution in [0.2, 0.25) is 0 Å². The number of amides is 1. The molecule has 0 bridgehead atoms. The molecule has 3 rings (SSSR count). The number of nitrogens with one attached hydrogen (secondary N) is 1. The molecule has 3 aromatic rings. The van der Waals surface area contributed by atoms with E-state index >= 15 is 0 Å². The number of ether oxygens (including phenoxy) is 1. The third kappa shape index (κ3) is 8.28. The van der Waals surface area contributed by atoms with Crippen LogP contribution in [0.15, 0.2) is 72.8 Å². The lowest BCUT2D eigenvalue weighted by atomic mass is 10.0. The van der Waals surface area contributed by atoms with Gasteiger partial charge in [-0.2, -0.15) is 5.26 Å². The van der Waals surface area contributed by atoms with Gasteiger partial charge in [0, 0.05) is 18.3 Å². The number of nitrogens with two attached hydrogens (primary N) is 1. The van der Waals surface area contributed by atoms with Crippen LogP contribution in [-0.4, -0.2) is 35.7 Å². The van der Waals surface area contributed by atoms with Crippen LogP contribution in [0.1, 0.15) is 31.4 Å². The highest BCUT2D eigenvalue weighted by atomic mass is 31.2. The van der Waals surface area contributed by atoms with Gasteiger partial charge in [-0.05, 0) is 48.2 Å². The summed E-state index contributed by atoms with van der Waals surface area (Å²) >= 11 is 0. The van der Waals surface area contributed by atoms with Crippen molar-refractivity contribution in [3.63, 3.8) is 0 Å². The molecular formula is C28H32N3O5P. The van der Waals surface area contributed by atoms with E-state index < -0.39 is 25.6 Å². The Morgan fingerprint density at radius 2 is 1.78 bits per heavy atom. The maximum absolute atomic E-state index is 12.6. The molecule has 8 nitrogen and oxygen atoms in total. The van der Waals surface area contributed by atoms with Gasteiger partial charge in [0.15, 0.2) is 0 Å². The molecule has 0 heterocycles. The molecule has 9 heteroatoms. The van der Waals surface area contributed by atoms with Crippen molar-refractivity contribution in [1.29, 1.82) is 5.26 Å². The largest absolute Gasteiger partial charge is 0.492 e. The molecule has 0 aliphatic heterocycles. The van der Waals surface area contributed by atoms with Crippen LogP contribution in [0.3, 0.4) is 0 Å². The fraction of sp³-hybridized carbons (Fsp3) is 0.286. The Hall–Kier alpha value is -3.47. The molecule has 3 aromatic carbocycles. The zero-order valence-corrected chi connectivity index (χ0v) is 21.9. The first-order valence-corrected chi connectivity index (χ1v) is 13.8. The number of nitrogens with zero attached hydrogens (tertiary/aromatic N) is 1. The predicted molar refractivity (Wildman–Crippen MR) is 144 cm³/mol. The smallest absolute Gasteiger partial charge is 0.328 e. The highest BCUT2D eigenvalue weighted by Crippen LogP contribution is 2.42. The van der Waals surface area contributed by atoms with Crippen LogP contribution < -0.4 is 15.8 Å². The first-order valence-electron chi connectivity index (χ1n) is 12.0. The van der Waals surface area contributed by atoms with Crippen molar-refractivity contribution >= 4 is 19.2 Å². The second-order valence-corrected chi connectivity index (χ2v) is 11.0. The standard InChI is InChI=1S/C28H32N3O5P/c1-3-17-37(33,34)36-20-28(2,30)27(32)31-25-13-14-26(24(18-25)19-29)35-16-15-21-9-11-23(12-10-21)22-7-5-4-6-8-22/h4-14,18H,3,15-17,20,30H2,1-2H3,(H,31,32)(H,33,34)/t28-/m0/s1. The number of hydrogen-bond acceptors (Lipinski definition) is 6. The summed E-state index contributed by atoms with van der Waals surface area (Å²) in [5.74, 6) is -0.207. The van der Waals surface area contributed by atoms with Gasteiger partial charge in [0.1, 0.15) is 17.4 Å². The third-order valence-corrected chi connectivity index (χ3v) is 7.20. The summed E-state index contributed by atoms with van der Waals surface area (Å²) in [5, 5.41) is 12.2. The number of hydrogen-bond donors (Lipinski definition) is 3. The molecule has 0 aliphatic carbocycles. The maximum atomic E-state index is 12.6. The van der Waals surface area contributed by atoms with Gasteiger partial charge in [-0.3, -0.25) is 9.36 Å². The molecule has 2 atom stereocenters. The molecule has 0 saturated carbocycles. The molecule has 1 amide bonds. The molecular weight excluding hydrogens is 489 g/mol. The monoisotopic (exact) mass is 521 g/mol. The molecule has 194 valence electrons. The van der Waals surface area contributed by atoms with Crippen molar-refractivity contribution in [3.8, 4) is 22.9 Å². The minimum atomic E-state index is -3.80. The SMILES string of the molecule is CCCP(=O)(O)OC[C@](C)(N)C(=O)Nc1ccc(OCCc2ccc(-c3ccccc3)cc2)c(C#N)c1. The molecule has 0 radical (unpaired) electrons. The quantitative estimate of drug-likeness (QED) is 0.282. The third-order valence-electron chi connectivity index (χ3n) is 5.66. The van der Waals surface area contributed by atoms with E-state index in [1.807, 2.05) is 18.2 Å². The van der Waals surface area contributed by atoms with Crippen molar-refractivity contribution in [2.45, 2.75) is 32.2 Å². The normalized spacial score (nSPS) is 14.1. The van der Waals surface area contributed by atoms with E-state index in [-0.39, 0.29) is 11.7 Å². The second-order valence-electron chi connectivity index (χ2n) is 8.99. The topological polar surface area (TPSA) is 135 Å². The summed E-state index contributed by atoms with van der Waals surface area (Å²) in [5.41, 5.74) is 8.48. The lowest BCUT2D eigenvalue weighted by Crippen LogP contribution is -2.52. The van der Waals surface area contributed by atoms with Gasteiger partial charge in [-0.1, -0.05) is 61.5 Å². The molecule has 4 N–H and O–H groups in total. The van der Waals surface area contributed by atoms with Crippen LogP contribution in [0.4, 0.5) is 5.69 Å². The fourth-order valence-corrected chi connectivity index (χ4v) is 4.68. The second kappa shape index (κ2) is 12.7. The van der Waals surface area contributed by atoms with Gasteiger partial charge in [-0.15, -0.1) is 0 Å². The lowest BCUT2D eigenvalue weighted by Gasteiger charge is -2.24. The Morgan fingerprint density at radius 3 is 2.43 bits per heavy atom. The molecule has 37 heavy (non-hydrogen) atoms. The van der Waals surface area contributed by atoms with Gasteiger partial charge in [0.25, 0.3) is 0 Å².